The standard InChI is InChI=1S/C10H18N2O3/c1-7(2)12(6-8-3-4-8)10(15)11-5-9(13)14/h7-8H,3-6H2,1-2H3,(H,11,15)(H,13,14). The summed E-state index contributed by atoms with van der Waals surface area (Å²) in [6, 6.07) is -0.168. The molecule has 0 radical (unpaired) electrons. The third kappa shape index (κ3) is 4.18. The molecule has 0 saturated heterocycles. The van der Waals surface area contributed by atoms with Gasteiger partial charge in [-0.05, 0) is 32.6 Å². The third-order valence-electron chi connectivity index (χ3n) is 2.43. The van der Waals surface area contributed by atoms with E-state index >= 15 is 0 Å². The molecule has 0 spiro atoms. The monoisotopic (exact) mass is 214 g/mol. The van der Waals surface area contributed by atoms with Gasteiger partial charge in [0.25, 0.3) is 0 Å². The number of hydrogen-bond donors (Lipinski definition) is 2. The van der Waals surface area contributed by atoms with Crippen molar-refractivity contribution in [3.63, 3.8) is 0 Å². The number of carboxylic acids is 1. The average Bonchev–Trinajstić information content (AvgIpc) is 2.93. The van der Waals surface area contributed by atoms with E-state index in [1.165, 1.54) is 12.8 Å². The number of hydrogen-bond acceptors (Lipinski definition) is 2. The molecular weight excluding hydrogens is 196 g/mol. The largest absolute Gasteiger partial charge is 0.480 e. The van der Waals surface area contributed by atoms with Crippen LogP contribution in [0.25, 0.3) is 0 Å². The second-order valence-electron chi connectivity index (χ2n) is 4.24. The van der Waals surface area contributed by atoms with Crippen LogP contribution >= 0.6 is 0 Å². The fourth-order valence-corrected chi connectivity index (χ4v) is 1.36. The molecule has 0 aromatic carbocycles. The number of amides is 2. The Bertz CT molecular complexity index is 249. The van der Waals surface area contributed by atoms with Crippen LogP contribution in [0.3, 0.4) is 0 Å². The van der Waals surface area contributed by atoms with E-state index in [1.54, 1.807) is 4.90 Å². The van der Waals surface area contributed by atoms with Crippen molar-refractivity contribution >= 4 is 12.0 Å². The van der Waals surface area contributed by atoms with Gasteiger partial charge in [-0.2, -0.15) is 0 Å². The number of carboxylic acid groups (broad SMARTS) is 1. The molecular formula is C10H18N2O3. The molecule has 2 amide bonds. The van der Waals surface area contributed by atoms with E-state index in [1.807, 2.05) is 13.8 Å². The van der Waals surface area contributed by atoms with Crippen molar-refractivity contribution in [3.8, 4) is 0 Å². The summed E-state index contributed by atoms with van der Waals surface area (Å²) in [5.41, 5.74) is 0. The van der Waals surface area contributed by atoms with E-state index in [2.05, 4.69) is 5.32 Å². The summed E-state index contributed by atoms with van der Waals surface area (Å²) in [5, 5.41) is 10.8. The predicted molar refractivity (Wildman–Crippen MR) is 55.6 cm³/mol. The third-order valence-corrected chi connectivity index (χ3v) is 2.43. The molecule has 1 rings (SSSR count). The summed E-state index contributed by atoms with van der Waals surface area (Å²) in [6.45, 7) is 4.29. The van der Waals surface area contributed by atoms with E-state index in [0.29, 0.717) is 5.92 Å². The van der Waals surface area contributed by atoms with E-state index in [9.17, 15) is 9.59 Å². The Hall–Kier alpha value is -1.26. The average molecular weight is 214 g/mol. The predicted octanol–water partition coefficient (Wildman–Crippen LogP) is 0.901. The second-order valence-corrected chi connectivity index (χ2v) is 4.24. The number of urea groups is 1. The van der Waals surface area contributed by atoms with Crippen LogP contribution < -0.4 is 5.32 Å². The molecule has 86 valence electrons. The van der Waals surface area contributed by atoms with Gasteiger partial charge in [-0.25, -0.2) is 4.79 Å². The van der Waals surface area contributed by atoms with Crippen molar-refractivity contribution in [2.24, 2.45) is 5.92 Å². The minimum Gasteiger partial charge on any atom is -0.480 e. The lowest BCUT2D eigenvalue weighted by molar-refractivity contribution is -0.135. The maximum absolute atomic E-state index is 11.6. The summed E-state index contributed by atoms with van der Waals surface area (Å²) in [5.74, 6) is -0.401. The van der Waals surface area contributed by atoms with Gasteiger partial charge in [0.05, 0.1) is 0 Å². The summed E-state index contributed by atoms with van der Waals surface area (Å²) in [4.78, 5) is 23.6. The van der Waals surface area contributed by atoms with Gasteiger partial charge in [0, 0.05) is 12.6 Å². The molecule has 0 aromatic rings. The summed E-state index contributed by atoms with van der Waals surface area (Å²) in [6.07, 6.45) is 2.35. The zero-order valence-corrected chi connectivity index (χ0v) is 9.19. The normalized spacial score (nSPS) is 15.1. The van der Waals surface area contributed by atoms with E-state index in [4.69, 9.17) is 5.11 Å². The zero-order chi connectivity index (χ0) is 11.4. The molecule has 0 heterocycles. The zero-order valence-electron chi connectivity index (χ0n) is 9.19. The van der Waals surface area contributed by atoms with E-state index in [0.717, 1.165) is 6.54 Å². The van der Waals surface area contributed by atoms with Crippen molar-refractivity contribution in [3.05, 3.63) is 0 Å². The second kappa shape index (κ2) is 5.00. The highest BCUT2D eigenvalue weighted by molar-refractivity contribution is 5.80. The topological polar surface area (TPSA) is 69.6 Å². The molecule has 1 aliphatic rings. The maximum atomic E-state index is 11.6. The maximum Gasteiger partial charge on any atom is 0.323 e. The first-order chi connectivity index (χ1) is 7.00. The van der Waals surface area contributed by atoms with Gasteiger partial charge in [0.15, 0.2) is 0 Å². The van der Waals surface area contributed by atoms with Crippen LogP contribution in [0.5, 0.6) is 0 Å². The van der Waals surface area contributed by atoms with Crippen molar-refractivity contribution in [2.45, 2.75) is 32.7 Å². The number of carbonyl (C=O) groups excluding carboxylic acids is 1. The molecule has 15 heavy (non-hydrogen) atoms. The molecule has 0 bridgehead atoms. The molecule has 1 fully saturated rings. The Morgan fingerprint density at radius 3 is 2.47 bits per heavy atom. The van der Waals surface area contributed by atoms with Crippen molar-refractivity contribution in [1.82, 2.24) is 10.2 Å². The van der Waals surface area contributed by atoms with E-state index in [-0.39, 0.29) is 18.6 Å². The minimum absolute atomic E-state index is 0.111. The van der Waals surface area contributed by atoms with E-state index < -0.39 is 5.97 Å². The van der Waals surface area contributed by atoms with Crippen LogP contribution in [0, 0.1) is 5.92 Å². The highest BCUT2D eigenvalue weighted by Crippen LogP contribution is 2.30. The van der Waals surface area contributed by atoms with Crippen LogP contribution in [0.4, 0.5) is 4.79 Å². The minimum atomic E-state index is -1.02. The van der Waals surface area contributed by atoms with Crippen LogP contribution in [0.15, 0.2) is 0 Å². The first-order valence-corrected chi connectivity index (χ1v) is 5.27. The molecule has 0 unspecified atom stereocenters. The summed E-state index contributed by atoms with van der Waals surface area (Å²) in [7, 11) is 0. The van der Waals surface area contributed by atoms with Gasteiger partial charge in [-0.3, -0.25) is 4.79 Å². The number of nitrogens with zero attached hydrogens (tertiary/aromatic N) is 1. The van der Waals surface area contributed by atoms with Crippen LogP contribution in [-0.4, -0.2) is 41.1 Å². The smallest absolute Gasteiger partial charge is 0.323 e. The fourth-order valence-electron chi connectivity index (χ4n) is 1.36. The molecule has 0 aliphatic heterocycles. The number of aliphatic carboxylic acids is 1. The Morgan fingerprint density at radius 2 is 2.07 bits per heavy atom. The van der Waals surface area contributed by atoms with Crippen molar-refractivity contribution in [1.29, 1.82) is 0 Å². The van der Waals surface area contributed by atoms with Crippen LogP contribution in [0.1, 0.15) is 26.7 Å². The lowest BCUT2D eigenvalue weighted by Gasteiger charge is -2.26. The number of nitrogens with one attached hydrogen (secondary N) is 1. The first kappa shape index (κ1) is 11.8. The van der Waals surface area contributed by atoms with Crippen molar-refractivity contribution < 1.29 is 14.7 Å². The van der Waals surface area contributed by atoms with Crippen LogP contribution in [0.2, 0.25) is 0 Å². The Balaban J connectivity index is 2.39. The molecule has 2 N–H and O–H groups in total. The van der Waals surface area contributed by atoms with Gasteiger partial charge in [-0.15, -0.1) is 0 Å². The van der Waals surface area contributed by atoms with Gasteiger partial charge >= 0.3 is 12.0 Å². The SMILES string of the molecule is CC(C)N(CC1CC1)C(=O)NCC(=O)O. The van der Waals surface area contributed by atoms with Gasteiger partial charge < -0.3 is 15.3 Å². The molecule has 1 saturated carbocycles. The quantitative estimate of drug-likeness (QED) is 0.714. The molecule has 0 atom stereocenters. The van der Waals surface area contributed by atoms with Gasteiger partial charge in [0.2, 0.25) is 0 Å². The lowest BCUT2D eigenvalue weighted by atomic mass is 10.3. The summed E-state index contributed by atoms with van der Waals surface area (Å²) >= 11 is 0. The lowest BCUT2D eigenvalue weighted by Crippen LogP contribution is -2.46. The van der Waals surface area contributed by atoms with Gasteiger partial charge in [0.1, 0.15) is 6.54 Å². The Morgan fingerprint density at radius 1 is 1.47 bits per heavy atom. The highest BCUT2D eigenvalue weighted by atomic mass is 16.4. The Labute approximate surface area is 89.4 Å². The number of rotatable bonds is 5. The summed E-state index contributed by atoms with van der Waals surface area (Å²) < 4.78 is 0. The fraction of sp³-hybridized carbons (Fsp3) is 0.800. The molecule has 0 aromatic heterocycles. The number of carbonyl (C=O) groups is 2. The van der Waals surface area contributed by atoms with Gasteiger partial charge in [-0.1, -0.05) is 0 Å². The Kier molecular flexibility index (Phi) is 3.94. The highest BCUT2D eigenvalue weighted by Gasteiger charge is 2.28. The van der Waals surface area contributed by atoms with Crippen molar-refractivity contribution in [2.75, 3.05) is 13.1 Å². The molecule has 5 nitrogen and oxygen atoms in total. The first-order valence-electron chi connectivity index (χ1n) is 5.27. The molecule has 5 heteroatoms. The van der Waals surface area contributed by atoms with Crippen LogP contribution in [-0.2, 0) is 4.79 Å². The molecule has 1 aliphatic carbocycles.